The molecule has 1 heterocycles. The SMILES string of the molecule is CCOC(=O)C(=O)CC(=O)Cc1cc(NN)nc(Cl)n1. The van der Waals surface area contributed by atoms with Crippen LogP contribution in [0.2, 0.25) is 5.28 Å². The summed E-state index contributed by atoms with van der Waals surface area (Å²) in [5.41, 5.74) is 2.56. The molecule has 0 saturated carbocycles. The maximum atomic E-state index is 11.7. The lowest BCUT2D eigenvalue weighted by atomic mass is 10.1. The third kappa shape index (κ3) is 4.90. The van der Waals surface area contributed by atoms with E-state index in [1.165, 1.54) is 6.07 Å². The Morgan fingerprint density at radius 3 is 2.70 bits per heavy atom. The molecule has 0 aliphatic heterocycles. The van der Waals surface area contributed by atoms with Gasteiger partial charge in [0.25, 0.3) is 0 Å². The first-order valence-electron chi connectivity index (χ1n) is 5.68. The van der Waals surface area contributed by atoms with Crippen molar-refractivity contribution in [1.82, 2.24) is 9.97 Å². The van der Waals surface area contributed by atoms with Crippen LogP contribution in [-0.2, 0) is 25.5 Å². The Labute approximate surface area is 119 Å². The van der Waals surface area contributed by atoms with Crippen LogP contribution in [-0.4, -0.2) is 34.1 Å². The minimum atomic E-state index is -1.02. The molecule has 1 rings (SSSR count). The van der Waals surface area contributed by atoms with E-state index >= 15 is 0 Å². The molecule has 0 aliphatic carbocycles. The van der Waals surface area contributed by atoms with E-state index in [0.717, 1.165) is 0 Å². The topological polar surface area (TPSA) is 124 Å². The van der Waals surface area contributed by atoms with Gasteiger partial charge in [-0.3, -0.25) is 9.59 Å². The Morgan fingerprint density at radius 1 is 1.40 bits per heavy atom. The number of anilines is 1. The molecular weight excluding hydrogens is 288 g/mol. The predicted octanol–water partition coefficient (Wildman–Crippen LogP) is 0.0495. The third-order valence-electron chi connectivity index (χ3n) is 2.14. The number of aromatic nitrogens is 2. The monoisotopic (exact) mass is 300 g/mol. The number of nitrogen functional groups attached to an aromatic ring is 1. The van der Waals surface area contributed by atoms with E-state index in [-0.39, 0.29) is 24.1 Å². The Kier molecular flexibility index (Phi) is 6.01. The number of carbonyl (C=O) groups is 3. The average molecular weight is 301 g/mol. The molecular formula is C11H13ClN4O4. The minimum Gasteiger partial charge on any atom is -0.460 e. The highest BCUT2D eigenvalue weighted by atomic mass is 35.5. The van der Waals surface area contributed by atoms with Crippen molar-refractivity contribution in [3.05, 3.63) is 17.0 Å². The number of rotatable bonds is 7. The fourth-order valence-electron chi connectivity index (χ4n) is 1.36. The van der Waals surface area contributed by atoms with Crippen molar-refractivity contribution in [2.45, 2.75) is 19.8 Å². The first kappa shape index (κ1) is 16.0. The number of ketones is 2. The molecule has 0 unspecified atom stereocenters. The van der Waals surface area contributed by atoms with Gasteiger partial charge in [0.2, 0.25) is 11.1 Å². The van der Waals surface area contributed by atoms with Gasteiger partial charge in [0.05, 0.1) is 18.7 Å². The Bertz CT molecular complexity index is 535. The van der Waals surface area contributed by atoms with Gasteiger partial charge in [-0.25, -0.2) is 15.6 Å². The molecule has 1 aromatic heterocycles. The summed E-state index contributed by atoms with van der Waals surface area (Å²) in [6, 6.07) is 1.42. The zero-order chi connectivity index (χ0) is 15.1. The van der Waals surface area contributed by atoms with Crippen LogP contribution in [0, 0.1) is 0 Å². The van der Waals surface area contributed by atoms with E-state index in [2.05, 4.69) is 20.1 Å². The fraction of sp³-hybridized carbons (Fsp3) is 0.364. The van der Waals surface area contributed by atoms with Crippen LogP contribution < -0.4 is 11.3 Å². The number of hydrogen-bond donors (Lipinski definition) is 2. The number of Topliss-reactive ketones (excluding diaryl/α,β-unsaturated/α-hetero) is 2. The van der Waals surface area contributed by atoms with Gasteiger partial charge >= 0.3 is 5.97 Å². The summed E-state index contributed by atoms with van der Waals surface area (Å²) in [6.45, 7) is 1.64. The molecule has 0 bridgehead atoms. The van der Waals surface area contributed by atoms with Crippen LogP contribution in [0.15, 0.2) is 6.07 Å². The smallest absolute Gasteiger partial charge is 0.375 e. The summed E-state index contributed by atoms with van der Waals surface area (Å²) in [4.78, 5) is 41.6. The number of ether oxygens (including phenoxy) is 1. The van der Waals surface area contributed by atoms with Crippen molar-refractivity contribution in [1.29, 1.82) is 0 Å². The molecule has 0 radical (unpaired) electrons. The lowest BCUT2D eigenvalue weighted by Gasteiger charge is -2.04. The van der Waals surface area contributed by atoms with Gasteiger partial charge in [0.1, 0.15) is 11.6 Å². The van der Waals surface area contributed by atoms with Crippen LogP contribution in [0.25, 0.3) is 0 Å². The molecule has 108 valence electrons. The Hall–Kier alpha value is -2.06. The van der Waals surface area contributed by atoms with Crippen molar-refractivity contribution in [2.75, 3.05) is 12.0 Å². The maximum Gasteiger partial charge on any atom is 0.375 e. The van der Waals surface area contributed by atoms with Gasteiger partial charge in [0.15, 0.2) is 0 Å². The zero-order valence-corrected chi connectivity index (χ0v) is 11.4. The largest absolute Gasteiger partial charge is 0.460 e. The third-order valence-corrected chi connectivity index (χ3v) is 2.31. The first-order chi connectivity index (χ1) is 9.46. The fourth-order valence-corrected chi connectivity index (χ4v) is 1.56. The van der Waals surface area contributed by atoms with E-state index in [1.807, 2.05) is 0 Å². The normalized spacial score (nSPS) is 9.95. The van der Waals surface area contributed by atoms with E-state index in [0.29, 0.717) is 5.69 Å². The van der Waals surface area contributed by atoms with Crippen molar-refractivity contribution < 1.29 is 19.1 Å². The van der Waals surface area contributed by atoms with Crippen molar-refractivity contribution in [2.24, 2.45) is 5.84 Å². The van der Waals surface area contributed by atoms with Gasteiger partial charge < -0.3 is 10.2 Å². The van der Waals surface area contributed by atoms with Crippen LogP contribution >= 0.6 is 11.6 Å². The summed E-state index contributed by atoms with van der Waals surface area (Å²) < 4.78 is 4.50. The Morgan fingerprint density at radius 2 is 2.10 bits per heavy atom. The number of nitrogens with two attached hydrogens (primary N) is 1. The van der Waals surface area contributed by atoms with Crippen LogP contribution in [0.3, 0.4) is 0 Å². The maximum absolute atomic E-state index is 11.7. The predicted molar refractivity (Wildman–Crippen MR) is 69.8 cm³/mol. The highest BCUT2D eigenvalue weighted by Crippen LogP contribution is 2.10. The van der Waals surface area contributed by atoms with E-state index in [1.54, 1.807) is 6.92 Å². The lowest BCUT2D eigenvalue weighted by molar-refractivity contribution is -0.154. The zero-order valence-electron chi connectivity index (χ0n) is 10.7. The van der Waals surface area contributed by atoms with E-state index < -0.39 is 24.0 Å². The van der Waals surface area contributed by atoms with Gasteiger partial charge in [0, 0.05) is 12.5 Å². The molecule has 3 N–H and O–H groups in total. The molecule has 8 nitrogen and oxygen atoms in total. The number of halogens is 1. The standard InChI is InChI=1S/C11H13ClN4O4/c1-2-20-10(19)8(18)5-7(17)3-6-4-9(16-13)15-11(12)14-6/h4H,2-3,5,13H2,1H3,(H,14,15,16). The molecule has 0 spiro atoms. The quantitative estimate of drug-likeness (QED) is 0.181. The molecule has 0 aromatic carbocycles. The molecule has 0 atom stereocenters. The Balaban J connectivity index is 2.65. The van der Waals surface area contributed by atoms with E-state index in [4.69, 9.17) is 17.4 Å². The summed E-state index contributed by atoms with van der Waals surface area (Å²) in [5, 5.41) is -0.0834. The van der Waals surface area contributed by atoms with Crippen LogP contribution in [0.5, 0.6) is 0 Å². The average Bonchev–Trinajstić information content (AvgIpc) is 2.37. The number of carbonyl (C=O) groups excluding carboxylic acids is 3. The molecule has 1 aromatic rings. The number of nitrogens with zero attached hydrogens (tertiary/aromatic N) is 2. The molecule has 0 amide bonds. The molecule has 0 aliphatic rings. The number of esters is 1. The minimum absolute atomic E-state index is 0.0752. The van der Waals surface area contributed by atoms with Crippen molar-refractivity contribution >= 4 is 35.0 Å². The van der Waals surface area contributed by atoms with Gasteiger partial charge in [-0.05, 0) is 18.5 Å². The number of nitrogens with one attached hydrogen (secondary N) is 1. The van der Waals surface area contributed by atoms with Crippen LogP contribution in [0.1, 0.15) is 19.0 Å². The molecule has 20 heavy (non-hydrogen) atoms. The van der Waals surface area contributed by atoms with Gasteiger partial charge in [-0.2, -0.15) is 4.98 Å². The van der Waals surface area contributed by atoms with Crippen LogP contribution in [0.4, 0.5) is 5.82 Å². The second-order valence-corrected chi connectivity index (χ2v) is 4.03. The van der Waals surface area contributed by atoms with E-state index in [9.17, 15) is 14.4 Å². The molecule has 9 heteroatoms. The number of hydrazine groups is 1. The van der Waals surface area contributed by atoms with Gasteiger partial charge in [-0.1, -0.05) is 0 Å². The summed E-state index contributed by atoms with van der Waals surface area (Å²) in [5.74, 6) is 3.01. The lowest BCUT2D eigenvalue weighted by Crippen LogP contribution is -2.21. The van der Waals surface area contributed by atoms with Gasteiger partial charge in [-0.15, -0.1) is 0 Å². The van der Waals surface area contributed by atoms with Crippen molar-refractivity contribution in [3.8, 4) is 0 Å². The summed E-state index contributed by atoms with van der Waals surface area (Å²) in [7, 11) is 0. The summed E-state index contributed by atoms with van der Waals surface area (Å²) >= 11 is 5.64. The summed E-state index contributed by atoms with van der Waals surface area (Å²) in [6.07, 6.45) is -0.714. The second-order valence-electron chi connectivity index (χ2n) is 3.69. The van der Waals surface area contributed by atoms with Crippen molar-refractivity contribution in [3.63, 3.8) is 0 Å². The highest BCUT2D eigenvalue weighted by molar-refractivity contribution is 6.37. The number of hydrogen-bond acceptors (Lipinski definition) is 8. The molecule has 0 saturated heterocycles. The second kappa shape index (κ2) is 7.51. The highest BCUT2D eigenvalue weighted by Gasteiger charge is 2.19. The first-order valence-corrected chi connectivity index (χ1v) is 6.05. The molecule has 0 fully saturated rings.